The molecule has 2 aromatic rings. The number of benzene rings is 2. The third-order valence-electron chi connectivity index (χ3n) is 5.73. The molecule has 1 unspecified atom stereocenters. The summed E-state index contributed by atoms with van der Waals surface area (Å²) in [6.07, 6.45) is 2.75. The van der Waals surface area contributed by atoms with Crippen molar-refractivity contribution in [2.45, 2.75) is 49.8 Å². The normalized spacial score (nSPS) is 17.0. The Morgan fingerprint density at radius 3 is 2.78 bits per heavy atom. The largest absolute Gasteiger partial charge is 0.351 e. The number of hydrogen-bond donors (Lipinski definition) is 1. The minimum Gasteiger partial charge on any atom is -0.351 e. The fourth-order valence-electron chi connectivity index (χ4n) is 3.84. The third kappa shape index (κ3) is 5.71. The molecule has 8 heteroatoms. The summed E-state index contributed by atoms with van der Waals surface area (Å²) in [6, 6.07) is 14.4. The Bertz CT molecular complexity index is 1110. The molecule has 0 saturated carbocycles. The molecule has 1 amide bonds. The van der Waals surface area contributed by atoms with Crippen molar-refractivity contribution in [3.8, 4) is 6.07 Å². The van der Waals surface area contributed by atoms with E-state index in [0.29, 0.717) is 35.7 Å². The summed E-state index contributed by atoms with van der Waals surface area (Å²) in [4.78, 5) is 12.9. The lowest BCUT2D eigenvalue weighted by Gasteiger charge is -2.32. The number of thioether (sulfide) groups is 1. The van der Waals surface area contributed by atoms with Crippen molar-refractivity contribution >= 4 is 27.7 Å². The second-order valence-corrected chi connectivity index (χ2v) is 11.0. The van der Waals surface area contributed by atoms with Gasteiger partial charge in [-0.15, -0.1) is 0 Å². The van der Waals surface area contributed by atoms with E-state index in [9.17, 15) is 13.2 Å². The highest BCUT2D eigenvalue weighted by Gasteiger charge is 2.31. The zero-order valence-electron chi connectivity index (χ0n) is 18.5. The van der Waals surface area contributed by atoms with Crippen molar-refractivity contribution in [3.63, 3.8) is 0 Å². The predicted octanol–water partition coefficient (Wildman–Crippen LogP) is 4.09. The van der Waals surface area contributed by atoms with Gasteiger partial charge in [-0.2, -0.15) is 21.3 Å². The van der Waals surface area contributed by atoms with Crippen molar-refractivity contribution in [1.29, 1.82) is 5.26 Å². The molecule has 1 N–H and O–H groups in total. The number of rotatable bonds is 8. The first-order valence-corrected chi connectivity index (χ1v) is 13.4. The number of amides is 1. The van der Waals surface area contributed by atoms with Crippen LogP contribution in [-0.4, -0.2) is 43.5 Å². The number of aryl methyl sites for hydroxylation is 1. The van der Waals surface area contributed by atoms with Gasteiger partial charge >= 0.3 is 0 Å². The van der Waals surface area contributed by atoms with Gasteiger partial charge in [0.2, 0.25) is 10.0 Å². The van der Waals surface area contributed by atoms with Crippen LogP contribution in [0.15, 0.2) is 47.4 Å². The summed E-state index contributed by atoms with van der Waals surface area (Å²) in [5.41, 5.74) is 2.77. The van der Waals surface area contributed by atoms with Gasteiger partial charge in [0, 0.05) is 36.2 Å². The molecule has 6 nitrogen and oxygen atoms in total. The number of nitrogens with one attached hydrogen (secondary N) is 1. The second-order valence-electron chi connectivity index (χ2n) is 8.01. The van der Waals surface area contributed by atoms with Gasteiger partial charge in [-0.3, -0.25) is 4.79 Å². The molecule has 1 aliphatic heterocycles. The Balaban J connectivity index is 1.60. The fourth-order valence-corrected chi connectivity index (χ4v) is 6.43. The highest BCUT2D eigenvalue weighted by atomic mass is 32.2. The average Bonchev–Trinajstić information content (AvgIpc) is 2.79. The van der Waals surface area contributed by atoms with Gasteiger partial charge in [0.1, 0.15) is 0 Å². The van der Waals surface area contributed by atoms with Gasteiger partial charge in [0.05, 0.1) is 16.5 Å². The first kappa shape index (κ1) is 24.3. The lowest BCUT2D eigenvalue weighted by molar-refractivity contribution is 0.0955. The fraction of sp³-hybridized carbons (Fsp3) is 0.417. The topological polar surface area (TPSA) is 90.3 Å². The van der Waals surface area contributed by atoms with E-state index in [1.165, 1.54) is 6.07 Å². The number of carbonyl (C=O) groups excluding carboxylic acids is 1. The molecule has 0 aliphatic carbocycles. The third-order valence-corrected chi connectivity index (χ3v) is 8.75. The van der Waals surface area contributed by atoms with Crippen LogP contribution in [-0.2, 0) is 15.8 Å². The van der Waals surface area contributed by atoms with E-state index in [1.807, 2.05) is 32.0 Å². The van der Waals surface area contributed by atoms with E-state index in [1.54, 1.807) is 34.3 Å². The summed E-state index contributed by atoms with van der Waals surface area (Å²) in [5, 5.41) is 12.0. The van der Waals surface area contributed by atoms with Crippen molar-refractivity contribution in [1.82, 2.24) is 9.62 Å². The zero-order valence-corrected chi connectivity index (χ0v) is 20.1. The molecule has 3 rings (SSSR count). The van der Waals surface area contributed by atoms with Gasteiger partial charge in [0.15, 0.2) is 0 Å². The molecule has 1 atom stereocenters. The molecule has 1 aliphatic rings. The Labute approximate surface area is 195 Å². The van der Waals surface area contributed by atoms with E-state index < -0.39 is 10.0 Å². The molecule has 0 radical (unpaired) electrons. The van der Waals surface area contributed by atoms with Crippen molar-refractivity contribution in [2.75, 3.05) is 18.8 Å². The molecule has 2 aromatic carbocycles. The number of piperidine rings is 1. The van der Waals surface area contributed by atoms with Gasteiger partial charge in [-0.05, 0) is 56.0 Å². The van der Waals surface area contributed by atoms with Crippen LogP contribution in [0.4, 0.5) is 0 Å². The number of hydrogen-bond acceptors (Lipinski definition) is 5. The molecule has 0 spiro atoms. The Hall–Kier alpha value is -2.34. The minimum absolute atomic E-state index is 0.0319. The Morgan fingerprint density at radius 2 is 2.03 bits per heavy atom. The molecule has 32 heavy (non-hydrogen) atoms. The number of carbonyl (C=O) groups is 1. The Kier molecular flexibility index (Phi) is 8.35. The number of sulfonamides is 1. The lowest BCUT2D eigenvalue weighted by Crippen LogP contribution is -2.42. The van der Waals surface area contributed by atoms with Crippen LogP contribution in [0.2, 0.25) is 0 Å². The van der Waals surface area contributed by atoms with E-state index in [-0.39, 0.29) is 16.8 Å². The van der Waals surface area contributed by atoms with Crippen molar-refractivity contribution in [2.24, 2.45) is 0 Å². The van der Waals surface area contributed by atoms with Gasteiger partial charge < -0.3 is 5.32 Å². The van der Waals surface area contributed by atoms with E-state index in [4.69, 9.17) is 5.26 Å². The maximum Gasteiger partial charge on any atom is 0.251 e. The van der Waals surface area contributed by atoms with Crippen LogP contribution in [0, 0.1) is 18.3 Å². The molecular formula is C24H29N3O3S2. The highest BCUT2D eigenvalue weighted by molar-refractivity contribution is 7.98. The standard InChI is InChI=1S/C24H29N3O3S2/c1-18-10-11-22(32(29,30)27-13-6-5-7-19(27)2)15-23(18)24(28)26-12-14-31-17-21-9-4-3-8-20(21)16-25/h3-4,8-11,15,19H,5-7,12-14,17H2,1-2H3,(H,26,28). The SMILES string of the molecule is Cc1ccc(S(=O)(=O)N2CCCCC2C)cc1C(=O)NCCSCc1ccccc1C#N. The van der Waals surface area contributed by atoms with Crippen molar-refractivity contribution in [3.05, 3.63) is 64.7 Å². The van der Waals surface area contributed by atoms with Crippen molar-refractivity contribution < 1.29 is 13.2 Å². The van der Waals surface area contributed by atoms with E-state index >= 15 is 0 Å². The summed E-state index contributed by atoms with van der Waals surface area (Å²) in [7, 11) is -3.63. The van der Waals surface area contributed by atoms with E-state index in [0.717, 1.165) is 30.4 Å². The molecule has 1 fully saturated rings. The molecule has 1 saturated heterocycles. The summed E-state index contributed by atoms with van der Waals surface area (Å²) in [6.45, 7) is 4.72. The second kappa shape index (κ2) is 11.0. The highest BCUT2D eigenvalue weighted by Crippen LogP contribution is 2.26. The van der Waals surface area contributed by atoms with Crippen LogP contribution in [0.25, 0.3) is 0 Å². The first-order chi connectivity index (χ1) is 15.3. The minimum atomic E-state index is -3.63. The van der Waals surface area contributed by atoms with E-state index in [2.05, 4.69) is 11.4 Å². The number of nitriles is 1. The molecule has 1 heterocycles. The summed E-state index contributed by atoms with van der Waals surface area (Å²) >= 11 is 1.64. The summed E-state index contributed by atoms with van der Waals surface area (Å²) < 4.78 is 27.8. The Morgan fingerprint density at radius 1 is 1.25 bits per heavy atom. The molecule has 170 valence electrons. The maximum absolute atomic E-state index is 13.1. The van der Waals surface area contributed by atoms with Gasteiger partial charge in [-0.25, -0.2) is 8.42 Å². The van der Waals surface area contributed by atoms with Crippen LogP contribution in [0.5, 0.6) is 0 Å². The number of nitrogens with zero attached hydrogens (tertiary/aromatic N) is 2. The summed E-state index contributed by atoms with van der Waals surface area (Å²) in [5.74, 6) is 1.11. The van der Waals surface area contributed by atoms with Gasteiger partial charge in [-0.1, -0.05) is 30.7 Å². The zero-order chi connectivity index (χ0) is 23.1. The van der Waals surface area contributed by atoms with Crippen LogP contribution in [0.1, 0.15) is 53.2 Å². The molecule has 0 aromatic heterocycles. The van der Waals surface area contributed by atoms with Gasteiger partial charge in [0.25, 0.3) is 5.91 Å². The molecule has 0 bridgehead atoms. The smallest absolute Gasteiger partial charge is 0.251 e. The lowest BCUT2D eigenvalue weighted by atomic mass is 10.1. The van der Waals surface area contributed by atoms with Crippen LogP contribution < -0.4 is 5.32 Å². The van der Waals surface area contributed by atoms with Crippen LogP contribution in [0.3, 0.4) is 0 Å². The monoisotopic (exact) mass is 471 g/mol. The maximum atomic E-state index is 13.1. The van der Waals surface area contributed by atoms with Crippen LogP contribution >= 0.6 is 11.8 Å². The quantitative estimate of drug-likeness (QED) is 0.586. The predicted molar refractivity (Wildman–Crippen MR) is 128 cm³/mol. The average molecular weight is 472 g/mol. The molecular weight excluding hydrogens is 442 g/mol. The first-order valence-electron chi connectivity index (χ1n) is 10.8.